The maximum absolute atomic E-state index is 12.5. The predicted molar refractivity (Wildman–Crippen MR) is 87.6 cm³/mol. The number of rotatable bonds is 4. The molecule has 8 heteroatoms. The molecule has 1 aliphatic rings. The fourth-order valence-corrected chi connectivity index (χ4v) is 2.71. The van der Waals surface area contributed by atoms with Crippen LogP contribution in [0.4, 0.5) is 5.95 Å². The van der Waals surface area contributed by atoms with E-state index in [2.05, 4.69) is 43.4 Å². The number of nitrogens with one attached hydrogen (secondary N) is 1. The Kier molecular flexibility index (Phi) is 4.24. The molecule has 0 unspecified atom stereocenters. The zero-order chi connectivity index (χ0) is 16.4. The Morgan fingerprint density at radius 1 is 1.48 bits per heavy atom. The van der Waals surface area contributed by atoms with Gasteiger partial charge in [0.25, 0.3) is 0 Å². The second kappa shape index (κ2) is 6.33. The number of fused-ring (bicyclic) bond motifs is 1. The van der Waals surface area contributed by atoms with Crippen molar-refractivity contribution >= 4 is 27.8 Å². The first-order valence-corrected chi connectivity index (χ1v) is 7.70. The molecule has 2 heterocycles. The van der Waals surface area contributed by atoms with Crippen molar-refractivity contribution in [2.45, 2.75) is 13.0 Å². The summed E-state index contributed by atoms with van der Waals surface area (Å²) in [7, 11) is 0. The van der Waals surface area contributed by atoms with Crippen molar-refractivity contribution in [2.24, 2.45) is 0 Å². The smallest absolute Gasteiger partial charge is 0.338 e. The number of ether oxygens (including phenoxy) is 1. The summed E-state index contributed by atoms with van der Waals surface area (Å²) in [6.07, 6.45) is 1.53. The van der Waals surface area contributed by atoms with Crippen molar-refractivity contribution < 1.29 is 9.53 Å². The van der Waals surface area contributed by atoms with Gasteiger partial charge in [-0.25, -0.2) is 4.79 Å². The third-order valence-electron chi connectivity index (χ3n) is 3.45. The normalized spacial score (nSPS) is 16.5. The molecule has 0 bridgehead atoms. The quantitative estimate of drug-likeness (QED) is 0.652. The van der Waals surface area contributed by atoms with Crippen LogP contribution in [0, 0.1) is 0 Å². The highest BCUT2D eigenvalue weighted by atomic mass is 79.9. The van der Waals surface area contributed by atoms with Crippen molar-refractivity contribution in [3.8, 4) is 0 Å². The molecule has 0 saturated carbocycles. The number of carbonyl (C=O) groups excluding carboxylic acids is 1. The minimum absolute atomic E-state index is 0.144. The molecule has 23 heavy (non-hydrogen) atoms. The van der Waals surface area contributed by atoms with Gasteiger partial charge in [-0.15, -0.1) is 0 Å². The second-order valence-electron chi connectivity index (χ2n) is 4.95. The van der Waals surface area contributed by atoms with Gasteiger partial charge in [0.1, 0.15) is 12.6 Å². The lowest BCUT2D eigenvalue weighted by molar-refractivity contribution is -0.138. The maximum atomic E-state index is 12.5. The van der Waals surface area contributed by atoms with Crippen LogP contribution in [0.5, 0.6) is 0 Å². The highest BCUT2D eigenvalue weighted by molar-refractivity contribution is 9.10. The van der Waals surface area contributed by atoms with E-state index in [1.54, 1.807) is 11.6 Å². The summed E-state index contributed by atoms with van der Waals surface area (Å²) in [6, 6.07) is 7.19. The van der Waals surface area contributed by atoms with Gasteiger partial charge in [-0.3, -0.25) is 0 Å². The second-order valence-corrected chi connectivity index (χ2v) is 5.87. The van der Waals surface area contributed by atoms with Gasteiger partial charge in [-0.1, -0.05) is 45.8 Å². The zero-order valence-electron chi connectivity index (χ0n) is 12.4. The van der Waals surface area contributed by atoms with Crippen LogP contribution in [0.25, 0.3) is 0 Å². The van der Waals surface area contributed by atoms with E-state index in [-0.39, 0.29) is 6.61 Å². The van der Waals surface area contributed by atoms with E-state index in [1.807, 2.05) is 24.3 Å². The van der Waals surface area contributed by atoms with Crippen LogP contribution in [-0.4, -0.2) is 32.8 Å². The molecule has 2 aromatic rings. The van der Waals surface area contributed by atoms with Gasteiger partial charge in [0.2, 0.25) is 5.95 Å². The molecule has 0 aliphatic carbocycles. The summed E-state index contributed by atoms with van der Waals surface area (Å²) >= 11 is 3.41. The molecule has 1 N–H and O–H groups in total. The third-order valence-corrected chi connectivity index (χ3v) is 3.98. The molecule has 0 fully saturated rings. The lowest BCUT2D eigenvalue weighted by atomic mass is 9.96. The highest BCUT2D eigenvalue weighted by Crippen LogP contribution is 2.35. The van der Waals surface area contributed by atoms with E-state index < -0.39 is 12.0 Å². The molecule has 3 rings (SSSR count). The van der Waals surface area contributed by atoms with E-state index >= 15 is 0 Å². The number of benzene rings is 1. The van der Waals surface area contributed by atoms with Crippen LogP contribution < -0.4 is 5.32 Å². The number of hydrogen-bond acceptors (Lipinski definition) is 6. The van der Waals surface area contributed by atoms with Crippen LogP contribution in [0.3, 0.4) is 0 Å². The number of carbonyl (C=O) groups is 1. The first kappa shape index (κ1) is 15.4. The molecule has 1 aromatic carbocycles. The zero-order valence-corrected chi connectivity index (χ0v) is 13.9. The van der Waals surface area contributed by atoms with Crippen LogP contribution >= 0.6 is 15.9 Å². The molecular weight excluding hydrogens is 362 g/mol. The fourth-order valence-electron chi connectivity index (χ4n) is 2.44. The average Bonchev–Trinajstić information content (AvgIpc) is 3.00. The molecular formula is C15H14BrN5O2. The highest BCUT2D eigenvalue weighted by Gasteiger charge is 2.34. The molecule has 0 amide bonds. The number of tetrazole rings is 1. The van der Waals surface area contributed by atoms with Gasteiger partial charge in [-0.2, -0.15) is 4.68 Å². The van der Waals surface area contributed by atoms with Crippen LogP contribution in [-0.2, 0) is 9.53 Å². The number of halogens is 1. The summed E-state index contributed by atoms with van der Waals surface area (Å²) in [5, 5.41) is 14.7. The Labute approximate surface area is 141 Å². The lowest BCUT2D eigenvalue weighted by Gasteiger charge is -2.27. The maximum Gasteiger partial charge on any atom is 0.338 e. The van der Waals surface area contributed by atoms with E-state index in [9.17, 15) is 4.79 Å². The monoisotopic (exact) mass is 375 g/mol. The molecule has 0 spiro atoms. The molecule has 0 saturated heterocycles. The van der Waals surface area contributed by atoms with Crippen molar-refractivity contribution in [3.63, 3.8) is 0 Å². The average molecular weight is 376 g/mol. The molecule has 7 nitrogen and oxygen atoms in total. The van der Waals surface area contributed by atoms with E-state index in [0.717, 1.165) is 10.0 Å². The van der Waals surface area contributed by atoms with Gasteiger partial charge in [-0.05, 0) is 35.0 Å². The summed E-state index contributed by atoms with van der Waals surface area (Å²) in [5.74, 6) is 0.0552. The minimum Gasteiger partial charge on any atom is -0.458 e. The van der Waals surface area contributed by atoms with Gasteiger partial charge < -0.3 is 10.1 Å². The minimum atomic E-state index is -0.452. The number of hydrogen-bond donors (Lipinski definition) is 1. The molecule has 1 aromatic heterocycles. The molecule has 1 aliphatic heterocycles. The van der Waals surface area contributed by atoms with Crippen LogP contribution in [0.15, 0.2) is 52.7 Å². The van der Waals surface area contributed by atoms with Crippen LogP contribution in [0.1, 0.15) is 18.5 Å². The number of aromatic nitrogens is 4. The van der Waals surface area contributed by atoms with Crippen molar-refractivity contribution in [2.75, 3.05) is 11.9 Å². The van der Waals surface area contributed by atoms with E-state index in [1.165, 1.54) is 6.08 Å². The first-order chi connectivity index (χ1) is 11.1. The first-order valence-electron chi connectivity index (χ1n) is 6.91. The van der Waals surface area contributed by atoms with Crippen molar-refractivity contribution in [1.29, 1.82) is 0 Å². The topological polar surface area (TPSA) is 81.9 Å². The molecule has 0 radical (unpaired) electrons. The Morgan fingerprint density at radius 3 is 2.91 bits per heavy atom. The van der Waals surface area contributed by atoms with Crippen LogP contribution in [0.2, 0.25) is 0 Å². The Hall–Kier alpha value is -2.48. The fraction of sp³-hybridized carbons (Fsp3) is 0.200. The van der Waals surface area contributed by atoms with E-state index in [0.29, 0.717) is 17.2 Å². The number of allylic oxidation sites excluding steroid dienone is 1. The predicted octanol–water partition coefficient (Wildman–Crippen LogP) is 2.45. The standard InChI is InChI=1S/C15H14BrN5O2/c1-3-8-23-14(22)12-9(2)17-15-18-19-20-21(15)13(12)10-4-6-11(16)7-5-10/h3-7,13H,1,8H2,2H3,(H,17,18,20)/t13-/m1/s1. The number of esters is 1. The van der Waals surface area contributed by atoms with Crippen molar-refractivity contribution in [1.82, 2.24) is 20.2 Å². The largest absolute Gasteiger partial charge is 0.458 e. The Morgan fingerprint density at radius 2 is 2.22 bits per heavy atom. The Bertz CT molecular complexity index is 781. The lowest BCUT2D eigenvalue weighted by Crippen LogP contribution is -2.29. The molecule has 1 atom stereocenters. The summed E-state index contributed by atoms with van der Waals surface area (Å²) in [6.45, 7) is 5.50. The van der Waals surface area contributed by atoms with E-state index in [4.69, 9.17) is 4.74 Å². The SMILES string of the molecule is C=CCOC(=O)C1=C(C)Nc2nnnn2[C@@H]1c1ccc(Br)cc1. The van der Waals surface area contributed by atoms with Gasteiger partial charge in [0.15, 0.2) is 0 Å². The van der Waals surface area contributed by atoms with Crippen molar-refractivity contribution in [3.05, 3.63) is 58.2 Å². The Balaban J connectivity index is 2.08. The van der Waals surface area contributed by atoms with Gasteiger partial charge in [0.05, 0.1) is 5.57 Å². The number of anilines is 1. The van der Waals surface area contributed by atoms with Gasteiger partial charge in [0, 0.05) is 10.2 Å². The molecule has 118 valence electrons. The summed E-state index contributed by atoms with van der Waals surface area (Å²) in [4.78, 5) is 12.5. The van der Waals surface area contributed by atoms with Gasteiger partial charge >= 0.3 is 5.97 Å². The number of nitrogens with zero attached hydrogens (tertiary/aromatic N) is 4. The summed E-state index contributed by atoms with van der Waals surface area (Å²) in [5.41, 5.74) is 2.01. The summed E-state index contributed by atoms with van der Waals surface area (Å²) < 4.78 is 7.74. The third kappa shape index (κ3) is 2.89.